The number of nitrogens with zero attached hydrogens (tertiary/aromatic N) is 1. The topological polar surface area (TPSA) is 75.4 Å². The number of anilines is 1. The Labute approximate surface area is 121 Å². The van der Waals surface area contributed by atoms with Crippen LogP contribution in [0.25, 0.3) is 0 Å². The van der Waals surface area contributed by atoms with Gasteiger partial charge in [-0.3, -0.25) is 0 Å². The van der Waals surface area contributed by atoms with Crippen molar-refractivity contribution in [1.82, 2.24) is 4.72 Å². The predicted octanol–water partition coefficient (Wildman–Crippen LogP) is 1.47. The quantitative estimate of drug-likeness (QED) is 0.884. The number of halogens is 3. The first-order valence-electron chi connectivity index (χ1n) is 6.37. The van der Waals surface area contributed by atoms with Gasteiger partial charge in [-0.25, -0.2) is 5.14 Å². The van der Waals surface area contributed by atoms with Crippen molar-refractivity contribution in [2.24, 2.45) is 5.14 Å². The number of rotatable bonds is 3. The second-order valence-corrected chi connectivity index (χ2v) is 6.29. The van der Waals surface area contributed by atoms with Crippen LogP contribution in [-0.4, -0.2) is 27.5 Å². The lowest BCUT2D eigenvalue weighted by atomic mass is 10.0. The standard InChI is InChI=1S/C12H16F3N3O2S/c13-12(14,15)9-1-3-11(4-2-9)18-7-5-10(6-8-18)17-21(16,19)20/h1-4,10,17H,5-8H2,(H2,16,19,20). The minimum Gasteiger partial charge on any atom is -0.371 e. The van der Waals surface area contributed by atoms with Crippen molar-refractivity contribution < 1.29 is 21.6 Å². The summed E-state index contributed by atoms with van der Waals surface area (Å²) in [6.07, 6.45) is -3.24. The highest BCUT2D eigenvalue weighted by atomic mass is 32.2. The molecule has 3 N–H and O–H groups in total. The van der Waals surface area contributed by atoms with Crippen LogP contribution in [0.5, 0.6) is 0 Å². The van der Waals surface area contributed by atoms with Crippen molar-refractivity contribution in [3.05, 3.63) is 29.8 Å². The summed E-state index contributed by atoms with van der Waals surface area (Å²) in [5.41, 5.74) is 0.00841. The summed E-state index contributed by atoms with van der Waals surface area (Å²) in [6, 6.07) is 4.71. The monoisotopic (exact) mass is 323 g/mol. The molecule has 2 rings (SSSR count). The summed E-state index contributed by atoms with van der Waals surface area (Å²) in [5.74, 6) is 0. The van der Waals surface area contributed by atoms with E-state index in [4.69, 9.17) is 5.14 Å². The van der Waals surface area contributed by atoms with E-state index in [-0.39, 0.29) is 6.04 Å². The smallest absolute Gasteiger partial charge is 0.371 e. The molecule has 0 spiro atoms. The highest BCUT2D eigenvalue weighted by Gasteiger charge is 2.30. The number of nitrogens with one attached hydrogen (secondary N) is 1. The van der Waals surface area contributed by atoms with Gasteiger partial charge >= 0.3 is 6.18 Å². The Morgan fingerprint density at radius 3 is 2.10 bits per heavy atom. The van der Waals surface area contributed by atoms with Gasteiger partial charge in [-0.2, -0.15) is 26.3 Å². The van der Waals surface area contributed by atoms with Gasteiger partial charge in [-0.1, -0.05) is 0 Å². The van der Waals surface area contributed by atoms with Crippen LogP contribution in [0, 0.1) is 0 Å². The Hall–Kier alpha value is -1.32. The van der Waals surface area contributed by atoms with Crippen LogP contribution in [0.1, 0.15) is 18.4 Å². The summed E-state index contributed by atoms with van der Waals surface area (Å²) in [5, 5.41) is 4.91. The molecule has 118 valence electrons. The van der Waals surface area contributed by atoms with Gasteiger partial charge in [-0.05, 0) is 37.1 Å². The molecule has 5 nitrogen and oxygen atoms in total. The number of hydrogen-bond donors (Lipinski definition) is 2. The molecular formula is C12H16F3N3O2S. The van der Waals surface area contributed by atoms with E-state index >= 15 is 0 Å². The van der Waals surface area contributed by atoms with Crippen molar-refractivity contribution in [3.63, 3.8) is 0 Å². The van der Waals surface area contributed by atoms with Crippen LogP contribution in [0.4, 0.5) is 18.9 Å². The number of benzene rings is 1. The van der Waals surface area contributed by atoms with Gasteiger partial charge in [0.25, 0.3) is 10.2 Å². The summed E-state index contributed by atoms with van der Waals surface area (Å²) < 4.78 is 61.6. The van der Waals surface area contributed by atoms with Gasteiger partial charge in [0.2, 0.25) is 0 Å². The summed E-state index contributed by atoms with van der Waals surface area (Å²) in [6.45, 7) is 1.11. The van der Waals surface area contributed by atoms with E-state index in [2.05, 4.69) is 4.72 Å². The van der Waals surface area contributed by atoms with E-state index in [1.165, 1.54) is 12.1 Å². The molecule has 0 aromatic heterocycles. The Bertz CT molecular complexity index is 579. The molecule has 1 aromatic carbocycles. The van der Waals surface area contributed by atoms with Crippen LogP contribution in [-0.2, 0) is 16.4 Å². The third kappa shape index (κ3) is 4.58. The van der Waals surface area contributed by atoms with Crippen molar-refractivity contribution in [2.75, 3.05) is 18.0 Å². The molecule has 21 heavy (non-hydrogen) atoms. The largest absolute Gasteiger partial charge is 0.416 e. The zero-order valence-corrected chi connectivity index (χ0v) is 11.9. The lowest BCUT2D eigenvalue weighted by Gasteiger charge is -2.33. The summed E-state index contributed by atoms with van der Waals surface area (Å²) in [7, 11) is -3.72. The molecule has 1 aromatic rings. The first kappa shape index (κ1) is 16.1. The van der Waals surface area contributed by atoms with Crippen molar-refractivity contribution in [2.45, 2.75) is 25.1 Å². The third-order valence-corrected chi connectivity index (χ3v) is 4.05. The van der Waals surface area contributed by atoms with E-state index in [0.29, 0.717) is 31.6 Å². The molecule has 9 heteroatoms. The second-order valence-electron chi connectivity index (χ2n) is 4.97. The van der Waals surface area contributed by atoms with Gasteiger partial charge in [0.1, 0.15) is 0 Å². The van der Waals surface area contributed by atoms with Crippen LogP contribution in [0.2, 0.25) is 0 Å². The molecule has 0 radical (unpaired) electrons. The van der Waals surface area contributed by atoms with E-state index < -0.39 is 21.9 Å². The Morgan fingerprint density at radius 2 is 1.67 bits per heavy atom. The molecule has 1 fully saturated rings. The third-order valence-electron chi connectivity index (χ3n) is 3.39. The Kier molecular flexibility index (Phi) is 4.45. The van der Waals surface area contributed by atoms with Gasteiger partial charge in [0, 0.05) is 24.8 Å². The van der Waals surface area contributed by atoms with Crippen molar-refractivity contribution in [1.29, 1.82) is 0 Å². The minimum atomic E-state index is -4.34. The SMILES string of the molecule is NS(=O)(=O)NC1CCN(c2ccc(C(F)(F)F)cc2)CC1. The van der Waals surface area contributed by atoms with Crippen LogP contribution < -0.4 is 14.8 Å². The van der Waals surface area contributed by atoms with Gasteiger partial charge in [0.15, 0.2) is 0 Å². The Morgan fingerprint density at radius 1 is 1.14 bits per heavy atom. The number of hydrogen-bond acceptors (Lipinski definition) is 3. The molecule has 0 atom stereocenters. The molecule has 0 aliphatic carbocycles. The molecule has 1 saturated heterocycles. The molecule has 1 aliphatic heterocycles. The number of piperidine rings is 1. The number of alkyl halides is 3. The van der Waals surface area contributed by atoms with Crippen LogP contribution in [0.3, 0.4) is 0 Å². The molecule has 1 aliphatic rings. The molecule has 1 heterocycles. The highest BCUT2D eigenvalue weighted by molar-refractivity contribution is 7.87. The van der Waals surface area contributed by atoms with E-state index in [1.54, 1.807) is 0 Å². The number of nitrogens with two attached hydrogens (primary N) is 1. The maximum absolute atomic E-state index is 12.5. The van der Waals surface area contributed by atoms with Crippen molar-refractivity contribution >= 4 is 15.9 Å². The first-order valence-corrected chi connectivity index (χ1v) is 7.92. The normalized spacial score (nSPS) is 18.0. The van der Waals surface area contributed by atoms with E-state index in [1.807, 2.05) is 4.90 Å². The zero-order valence-electron chi connectivity index (χ0n) is 11.1. The molecule has 0 unspecified atom stereocenters. The molecule has 0 saturated carbocycles. The molecule has 0 bridgehead atoms. The zero-order chi connectivity index (χ0) is 15.7. The highest BCUT2D eigenvalue weighted by Crippen LogP contribution is 2.31. The van der Waals surface area contributed by atoms with Gasteiger partial charge < -0.3 is 4.90 Å². The Balaban J connectivity index is 1.96. The fourth-order valence-electron chi connectivity index (χ4n) is 2.35. The lowest BCUT2D eigenvalue weighted by Crippen LogP contribution is -2.46. The van der Waals surface area contributed by atoms with E-state index in [0.717, 1.165) is 12.1 Å². The minimum absolute atomic E-state index is 0.231. The first-order chi connectivity index (χ1) is 9.65. The van der Waals surface area contributed by atoms with Crippen molar-refractivity contribution in [3.8, 4) is 0 Å². The molecular weight excluding hydrogens is 307 g/mol. The summed E-state index contributed by atoms with van der Waals surface area (Å²) >= 11 is 0. The fourth-order valence-corrected chi connectivity index (χ4v) is 3.05. The van der Waals surface area contributed by atoms with Crippen LogP contribution in [0.15, 0.2) is 24.3 Å². The van der Waals surface area contributed by atoms with Crippen LogP contribution >= 0.6 is 0 Å². The van der Waals surface area contributed by atoms with Gasteiger partial charge in [0.05, 0.1) is 5.56 Å². The average Bonchev–Trinajstić information content (AvgIpc) is 2.37. The predicted molar refractivity (Wildman–Crippen MR) is 72.9 cm³/mol. The lowest BCUT2D eigenvalue weighted by molar-refractivity contribution is -0.137. The average molecular weight is 323 g/mol. The van der Waals surface area contributed by atoms with E-state index in [9.17, 15) is 21.6 Å². The maximum atomic E-state index is 12.5. The fraction of sp³-hybridized carbons (Fsp3) is 0.500. The van der Waals surface area contributed by atoms with Gasteiger partial charge in [-0.15, -0.1) is 0 Å². The summed E-state index contributed by atoms with van der Waals surface area (Å²) in [4.78, 5) is 1.92. The maximum Gasteiger partial charge on any atom is 0.416 e. The second kappa shape index (κ2) is 5.82. The molecule has 0 amide bonds.